The van der Waals surface area contributed by atoms with Gasteiger partial charge in [-0.05, 0) is 91.3 Å². The lowest BCUT2D eigenvalue weighted by Gasteiger charge is -2.32. The van der Waals surface area contributed by atoms with Gasteiger partial charge >= 0.3 is 12.3 Å². The third kappa shape index (κ3) is 8.69. The predicted octanol–water partition coefficient (Wildman–Crippen LogP) is 11.3. The monoisotopic (exact) mass is 550 g/mol. The molecule has 0 bridgehead atoms. The first kappa shape index (κ1) is 29.9. The second-order valence-electron chi connectivity index (χ2n) is 11.9. The number of alkyl halides is 5. The van der Waals surface area contributed by atoms with Crippen molar-refractivity contribution in [1.82, 2.24) is 0 Å². The summed E-state index contributed by atoms with van der Waals surface area (Å²) in [6, 6.07) is 9.59. The van der Waals surface area contributed by atoms with Gasteiger partial charge in [-0.1, -0.05) is 83.3 Å². The molecule has 0 spiro atoms. The number of unbranched alkanes of at least 4 members (excludes halogenated alkanes) is 2. The number of halogens is 5. The van der Waals surface area contributed by atoms with Gasteiger partial charge in [0.1, 0.15) is 5.75 Å². The molecule has 2 aromatic carbocycles. The summed E-state index contributed by atoms with van der Waals surface area (Å²) in [7, 11) is 0. The number of ether oxygens (including phenoxy) is 1. The largest absolute Gasteiger partial charge is 0.429 e. The van der Waals surface area contributed by atoms with E-state index in [0.717, 1.165) is 60.4 Å². The van der Waals surface area contributed by atoms with Crippen LogP contribution in [0.2, 0.25) is 0 Å². The smallest absolute Gasteiger partial charge is 0.426 e. The summed E-state index contributed by atoms with van der Waals surface area (Å²) in [6.07, 6.45) is 10.3. The summed E-state index contributed by atoms with van der Waals surface area (Å²) in [4.78, 5) is 0. The molecule has 0 heterocycles. The van der Waals surface area contributed by atoms with Crippen molar-refractivity contribution in [2.45, 2.75) is 115 Å². The molecule has 0 aliphatic heterocycles. The van der Waals surface area contributed by atoms with Crippen molar-refractivity contribution in [1.29, 1.82) is 0 Å². The summed E-state index contributed by atoms with van der Waals surface area (Å²) in [5.74, 6) is 2.73. The first-order valence-electron chi connectivity index (χ1n) is 15.0. The molecule has 39 heavy (non-hydrogen) atoms. The molecule has 2 fully saturated rings. The Morgan fingerprint density at radius 2 is 1.10 bits per heavy atom. The molecule has 0 N–H and O–H groups in total. The molecule has 2 aromatic rings. The van der Waals surface area contributed by atoms with Gasteiger partial charge in [0, 0.05) is 0 Å². The van der Waals surface area contributed by atoms with Crippen molar-refractivity contribution in [3.8, 4) is 5.75 Å². The molecule has 2 saturated carbocycles. The standard InChI is InChI=1S/C33H43F5O/c1-2-3-4-5-24-6-8-25(9-7-24)10-11-26-12-14-27(15-13-26)28-16-18-30(19-17-28)33(37,38)39-31-22-20-29(21-23-31)32(34,35)36/h16-27H,2-15H2,1H3. The highest BCUT2D eigenvalue weighted by atomic mass is 19.4. The number of rotatable bonds is 11. The highest BCUT2D eigenvalue weighted by molar-refractivity contribution is 5.31. The summed E-state index contributed by atoms with van der Waals surface area (Å²) >= 11 is 0. The average molecular weight is 551 g/mol. The van der Waals surface area contributed by atoms with E-state index in [-0.39, 0.29) is 11.3 Å². The van der Waals surface area contributed by atoms with Gasteiger partial charge in [-0.25, -0.2) is 0 Å². The van der Waals surface area contributed by atoms with Gasteiger partial charge in [0.15, 0.2) is 0 Å². The molecule has 6 heteroatoms. The van der Waals surface area contributed by atoms with E-state index in [9.17, 15) is 22.0 Å². The van der Waals surface area contributed by atoms with Gasteiger partial charge in [0.2, 0.25) is 0 Å². The van der Waals surface area contributed by atoms with Crippen LogP contribution < -0.4 is 4.74 Å². The third-order valence-corrected chi connectivity index (χ3v) is 9.16. The minimum atomic E-state index is -4.52. The third-order valence-electron chi connectivity index (χ3n) is 9.16. The van der Waals surface area contributed by atoms with Gasteiger partial charge in [-0.15, -0.1) is 0 Å². The Balaban J connectivity index is 1.19. The summed E-state index contributed by atoms with van der Waals surface area (Å²) in [5, 5.41) is 0. The minimum Gasteiger partial charge on any atom is -0.429 e. The highest BCUT2D eigenvalue weighted by Crippen LogP contribution is 2.41. The first-order valence-corrected chi connectivity index (χ1v) is 15.0. The molecule has 0 radical (unpaired) electrons. The number of hydrogen-bond acceptors (Lipinski definition) is 1. The van der Waals surface area contributed by atoms with E-state index >= 15 is 0 Å². The van der Waals surface area contributed by atoms with Crippen LogP contribution in [-0.4, -0.2) is 0 Å². The molecular formula is C33H43F5O. The molecule has 216 valence electrons. The minimum absolute atomic E-state index is 0.306. The fourth-order valence-corrected chi connectivity index (χ4v) is 6.62. The molecule has 0 saturated heterocycles. The fourth-order valence-electron chi connectivity index (χ4n) is 6.62. The Morgan fingerprint density at radius 1 is 0.615 bits per heavy atom. The Labute approximate surface area is 230 Å². The number of benzene rings is 2. The molecule has 0 unspecified atom stereocenters. The second-order valence-corrected chi connectivity index (χ2v) is 11.9. The van der Waals surface area contributed by atoms with E-state index in [2.05, 4.69) is 6.92 Å². The quantitative estimate of drug-likeness (QED) is 0.200. The van der Waals surface area contributed by atoms with E-state index in [0.29, 0.717) is 5.92 Å². The van der Waals surface area contributed by atoms with Crippen molar-refractivity contribution in [2.75, 3.05) is 0 Å². The summed E-state index contributed by atoms with van der Waals surface area (Å²) < 4.78 is 72.3. The van der Waals surface area contributed by atoms with E-state index < -0.39 is 17.8 Å². The lowest BCUT2D eigenvalue weighted by atomic mass is 9.74. The van der Waals surface area contributed by atoms with Crippen LogP contribution in [0.4, 0.5) is 22.0 Å². The zero-order valence-corrected chi connectivity index (χ0v) is 23.1. The zero-order valence-electron chi connectivity index (χ0n) is 23.1. The lowest BCUT2D eigenvalue weighted by molar-refractivity contribution is -0.185. The van der Waals surface area contributed by atoms with Crippen LogP contribution in [0.25, 0.3) is 0 Å². The molecule has 0 atom stereocenters. The molecule has 0 aromatic heterocycles. The topological polar surface area (TPSA) is 9.23 Å². The Morgan fingerprint density at radius 3 is 1.62 bits per heavy atom. The summed E-state index contributed by atoms with van der Waals surface area (Å²) in [6.45, 7) is 2.27. The first-order chi connectivity index (χ1) is 18.6. The van der Waals surface area contributed by atoms with E-state index in [4.69, 9.17) is 4.74 Å². The van der Waals surface area contributed by atoms with Crippen molar-refractivity contribution in [3.05, 3.63) is 65.2 Å². The van der Waals surface area contributed by atoms with Crippen molar-refractivity contribution >= 4 is 0 Å². The van der Waals surface area contributed by atoms with Crippen LogP contribution >= 0.6 is 0 Å². The highest BCUT2D eigenvalue weighted by Gasteiger charge is 2.36. The SMILES string of the molecule is CCCCCC1CCC(CCC2CCC(c3ccc(C(F)(F)Oc4ccc(C(F)(F)F)cc4)cc3)CC2)CC1. The van der Waals surface area contributed by atoms with Gasteiger partial charge < -0.3 is 4.74 Å². The van der Waals surface area contributed by atoms with E-state index in [1.807, 2.05) is 0 Å². The Hall–Kier alpha value is -2.11. The van der Waals surface area contributed by atoms with Gasteiger partial charge in [-0.2, -0.15) is 22.0 Å². The summed E-state index contributed by atoms with van der Waals surface area (Å²) in [5.41, 5.74) is -0.138. The van der Waals surface area contributed by atoms with Crippen molar-refractivity contribution in [2.24, 2.45) is 17.8 Å². The van der Waals surface area contributed by atoms with Crippen LogP contribution in [-0.2, 0) is 12.3 Å². The maximum absolute atomic E-state index is 14.7. The normalized spacial score (nSPS) is 24.5. The van der Waals surface area contributed by atoms with Crippen LogP contribution in [0.3, 0.4) is 0 Å². The van der Waals surface area contributed by atoms with Crippen LogP contribution in [0.1, 0.15) is 119 Å². The molecular weight excluding hydrogens is 507 g/mol. The van der Waals surface area contributed by atoms with E-state index in [1.165, 1.54) is 89.2 Å². The van der Waals surface area contributed by atoms with Crippen LogP contribution in [0, 0.1) is 17.8 Å². The molecule has 2 aliphatic rings. The molecule has 0 amide bonds. The average Bonchev–Trinajstić information content (AvgIpc) is 2.93. The zero-order chi connectivity index (χ0) is 27.9. The predicted molar refractivity (Wildman–Crippen MR) is 146 cm³/mol. The van der Waals surface area contributed by atoms with Crippen LogP contribution in [0.5, 0.6) is 5.75 Å². The second kappa shape index (κ2) is 13.5. The Kier molecular flexibility index (Phi) is 10.3. The van der Waals surface area contributed by atoms with Gasteiger partial charge in [-0.3, -0.25) is 0 Å². The van der Waals surface area contributed by atoms with Crippen molar-refractivity contribution in [3.63, 3.8) is 0 Å². The van der Waals surface area contributed by atoms with Gasteiger partial charge in [0.25, 0.3) is 0 Å². The van der Waals surface area contributed by atoms with Crippen molar-refractivity contribution < 1.29 is 26.7 Å². The van der Waals surface area contributed by atoms with E-state index in [1.54, 1.807) is 12.1 Å². The molecule has 1 nitrogen and oxygen atoms in total. The van der Waals surface area contributed by atoms with Crippen LogP contribution in [0.15, 0.2) is 48.5 Å². The maximum Gasteiger partial charge on any atom is 0.426 e. The Bertz CT molecular complexity index is 982. The van der Waals surface area contributed by atoms with Gasteiger partial charge in [0.05, 0.1) is 11.1 Å². The molecule has 2 aliphatic carbocycles. The number of hydrogen-bond donors (Lipinski definition) is 0. The fraction of sp³-hybridized carbons (Fsp3) is 0.636. The lowest BCUT2D eigenvalue weighted by Crippen LogP contribution is -2.22. The maximum atomic E-state index is 14.7. The molecule has 4 rings (SSSR count).